The van der Waals surface area contributed by atoms with Crippen LogP contribution in [0.4, 0.5) is 5.69 Å². The largest absolute Gasteiger partial charge is 0.325 e. The second-order valence-corrected chi connectivity index (χ2v) is 8.34. The smallest absolute Gasteiger partial charge is 0.262 e. The molecule has 1 heterocycles. The van der Waals surface area contributed by atoms with Crippen LogP contribution >= 0.6 is 23.4 Å². The Kier molecular flexibility index (Phi) is 6.55. The highest BCUT2D eigenvalue weighted by Crippen LogP contribution is 2.20. The van der Waals surface area contributed by atoms with Gasteiger partial charge in [-0.25, -0.2) is 4.98 Å². The van der Waals surface area contributed by atoms with Crippen LogP contribution in [0.2, 0.25) is 5.02 Å². The van der Waals surface area contributed by atoms with Crippen LogP contribution in [0.25, 0.3) is 10.9 Å². The number of nitrogens with one attached hydrogen (secondary N) is 1. The molecule has 0 radical (unpaired) electrons. The minimum absolute atomic E-state index is 0.0698. The molecule has 1 aromatic heterocycles. The fraction of sp³-hybridized carbons (Fsp3) is 0.0833. The summed E-state index contributed by atoms with van der Waals surface area (Å²) < 4.78 is 1.56. The summed E-state index contributed by atoms with van der Waals surface area (Å²) in [6.07, 6.45) is 0. The van der Waals surface area contributed by atoms with Crippen molar-refractivity contribution in [2.24, 2.45) is 0 Å². The minimum Gasteiger partial charge on any atom is -0.325 e. The maximum Gasteiger partial charge on any atom is 0.262 e. The van der Waals surface area contributed by atoms with Crippen molar-refractivity contribution in [3.63, 3.8) is 0 Å². The first-order valence-electron chi connectivity index (χ1n) is 9.70. The van der Waals surface area contributed by atoms with Gasteiger partial charge >= 0.3 is 0 Å². The lowest BCUT2D eigenvalue weighted by Crippen LogP contribution is -2.25. The van der Waals surface area contributed by atoms with E-state index in [0.717, 1.165) is 5.56 Å². The van der Waals surface area contributed by atoms with Crippen LogP contribution in [0, 0.1) is 11.3 Å². The van der Waals surface area contributed by atoms with E-state index in [1.165, 1.54) is 11.8 Å². The summed E-state index contributed by atoms with van der Waals surface area (Å²) in [6.45, 7) is 0.288. The van der Waals surface area contributed by atoms with Crippen molar-refractivity contribution in [3.8, 4) is 6.07 Å². The molecule has 0 atom stereocenters. The molecule has 0 bridgehead atoms. The van der Waals surface area contributed by atoms with Crippen LogP contribution in [-0.4, -0.2) is 21.2 Å². The number of nitrogens with zero attached hydrogens (tertiary/aromatic N) is 3. The van der Waals surface area contributed by atoms with Crippen LogP contribution in [0.15, 0.2) is 82.7 Å². The predicted molar refractivity (Wildman–Crippen MR) is 127 cm³/mol. The minimum atomic E-state index is -0.239. The van der Waals surface area contributed by atoms with E-state index in [9.17, 15) is 9.59 Å². The molecule has 0 spiro atoms. The van der Waals surface area contributed by atoms with Gasteiger partial charge in [0.1, 0.15) is 0 Å². The van der Waals surface area contributed by atoms with Crippen molar-refractivity contribution >= 4 is 45.9 Å². The maximum absolute atomic E-state index is 13.2. The van der Waals surface area contributed by atoms with Crippen LogP contribution in [0.1, 0.15) is 11.1 Å². The molecule has 0 unspecified atom stereocenters. The highest BCUT2D eigenvalue weighted by molar-refractivity contribution is 7.99. The van der Waals surface area contributed by atoms with Gasteiger partial charge in [-0.3, -0.25) is 14.2 Å². The van der Waals surface area contributed by atoms with Gasteiger partial charge in [0.05, 0.1) is 34.8 Å². The van der Waals surface area contributed by atoms with Gasteiger partial charge in [-0.15, -0.1) is 0 Å². The first-order valence-corrected chi connectivity index (χ1v) is 11.1. The van der Waals surface area contributed by atoms with Crippen molar-refractivity contribution in [1.82, 2.24) is 9.55 Å². The predicted octanol–water partition coefficient (Wildman–Crippen LogP) is 4.70. The molecule has 32 heavy (non-hydrogen) atoms. The number of benzene rings is 3. The molecule has 1 N–H and O–H groups in total. The number of aromatic nitrogens is 2. The van der Waals surface area contributed by atoms with Crippen LogP contribution in [0.3, 0.4) is 0 Å². The number of carbonyl (C=O) groups excluding carboxylic acids is 1. The zero-order valence-corrected chi connectivity index (χ0v) is 18.4. The van der Waals surface area contributed by atoms with E-state index < -0.39 is 0 Å². The van der Waals surface area contributed by atoms with Gasteiger partial charge < -0.3 is 5.32 Å². The van der Waals surface area contributed by atoms with Crippen molar-refractivity contribution in [2.75, 3.05) is 11.1 Å². The van der Waals surface area contributed by atoms with Gasteiger partial charge in [0.25, 0.3) is 5.56 Å². The quantitative estimate of drug-likeness (QED) is 0.333. The van der Waals surface area contributed by atoms with Crippen molar-refractivity contribution in [1.29, 1.82) is 5.26 Å². The van der Waals surface area contributed by atoms with Crippen LogP contribution in [0.5, 0.6) is 0 Å². The average Bonchev–Trinajstić information content (AvgIpc) is 2.80. The Morgan fingerprint density at radius 1 is 1.09 bits per heavy atom. The first-order chi connectivity index (χ1) is 15.5. The molecule has 4 rings (SSSR count). The second kappa shape index (κ2) is 9.69. The summed E-state index contributed by atoms with van der Waals surface area (Å²) in [7, 11) is 0. The van der Waals surface area contributed by atoms with Crippen LogP contribution < -0.4 is 10.9 Å². The topological polar surface area (TPSA) is 87.8 Å². The number of carbonyl (C=O) groups is 1. The lowest BCUT2D eigenvalue weighted by molar-refractivity contribution is -0.113. The third-order valence-electron chi connectivity index (χ3n) is 4.69. The fourth-order valence-electron chi connectivity index (χ4n) is 3.17. The molecular weight excluding hydrogens is 444 g/mol. The second-order valence-electron chi connectivity index (χ2n) is 6.96. The lowest BCUT2D eigenvalue weighted by atomic mass is 10.2. The Hall–Kier alpha value is -3.60. The number of hydrogen-bond donors (Lipinski definition) is 1. The van der Waals surface area contributed by atoms with E-state index in [1.54, 1.807) is 59.2 Å². The van der Waals surface area contributed by atoms with Gasteiger partial charge in [0.15, 0.2) is 5.16 Å². The van der Waals surface area contributed by atoms with Crippen molar-refractivity contribution in [2.45, 2.75) is 11.7 Å². The molecule has 3 aromatic carbocycles. The molecule has 158 valence electrons. The number of rotatable bonds is 6. The standard InChI is InChI=1S/C24H17ClN4O2S/c25-18-5-3-4-17(12-18)14-29-23(31)20-6-1-2-7-21(20)28-24(29)32-15-22(30)27-19-10-8-16(13-26)9-11-19/h1-12H,14-15H2,(H,27,30). The van der Waals surface area contributed by atoms with E-state index in [4.69, 9.17) is 16.9 Å². The summed E-state index contributed by atoms with van der Waals surface area (Å²) in [5.74, 6) is -0.170. The molecule has 0 aliphatic rings. The van der Waals surface area contributed by atoms with Crippen molar-refractivity contribution < 1.29 is 4.79 Å². The van der Waals surface area contributed by atoms with Gasteiger partial charge in [0, 0.05) is 10.7 Å². The van der Waals surface area contributed by atoms with Gasteiger partial charge in [-0.05, 0) is 54.1 Å². The number of amides is 1. The van der Waals surface area contributed by atoms with E-state index in [2.05, 4.69) is 10.3 Å². The number of fused-ring (bicyclic) bond motifs is 1. The van der Waals surface area contributed by atoms with Crippen LogP contribution in [-0.2, 0) is 11.3 Å². The SMILES string of the molecule is N#Cc1ccc(NC(=O)CSc2nc3ccccc3c(=O)n2Cc2cccc(Cl)c2)cc1. The van der Waals surface area contributed by atoms with E-state index >= 15 is 0 Å². The van der Waals surface area contributed by atoms with E-state index in [1.807, 2.05) is 24.3 Å². The molecule has 0 aliphatic carbocycles. The number of anilines is 1. The fourth-order valence-corrected chi connectivity index (χ4v) is 4.18. The Balaban J connectivity index is 1.59. The Labute approximate surface area is 193 Å². The monoisotopic (exact) mass is 460 g/mol. The summed E-state index contributed by atoms with van der Waals surface area (Å²) in [5, 5.41) is 13.2. The van der Waals surface area contributed by atoms with E-state index in [-0.39, 0.29) is 23.8 Å². The van der Waals surface area contributed by atoms with Gasteiger partial charge in [0.2, 0.25) is 5.91 Å². The summed E-state index contributed by atoms with van der Waals surface area (Å²) >= 11 is 7.29. The highest BCUT2D eigenvalue weighted by Gasteiger charge is 2.14. The molecule has 4 aromatic rings. The van der Waals surface area contributed by atoms with Gasteiger partial charge in [-0.1, -0.05) is 47.6 Å². The van der Waals surface area contributed by atoms with Crippen molar-refractivity contribution in [3.05, 3.63) is 99.3 Å². The first kappa shape index (κ1) is 21.6. The number of nitriles is 1. The Bertz CT molecular complexity index is 1390. The summed E-state index contributed by atoms with van der Waals surface area (Å²) in [5.41, 5.74) is 2.38. The molecule has 0 aliphatic heterocycles. The molecule has 8 heteroatoms. The number of thioether (sulfide) groups is 1. The normalized spacial score (nSPS) is 10.6. The molecule has 0 fully saturated rings. The number of hydrogen-bond acceptors (Lipinski definition) is 5. The molecule has 1 amide bonds. The third kappa shape index (κ3) is 4.99. The summed E-state index contributed by atoms with van der Waals surface area (Å²) in [4.78, 5) is 30.3. The maximum atomic E-state index is 13.2. The highest BCUT2D eigenvalue weighted by atomic mass is 35.5. The average molecular weight is 461 g/mol. The third-order valence-corrected chi connectivity index (χ3v) is 5.90. The zero-order valence-electron chi connectivity index (χ0n) is 16.8. The summed E-state index contributed by atoms with van der Waals surface area (Å²) in [6, 6.07) is 23.1. The van der Waals surface area contributed by atoms with Gasteiger partial charge in [-0.2, -0.15) is 5.26 Å². The Morgan fingerprint density at radius 2 is 1.88 bits per heavy atom. The number of halogens is 1. The molecular formula is C24H17ClN4O2S. The zero-order chi connectivity index (χ0) is 22.5. The molecule has 0 saturated heterocycles. The lowest BCUT2D eigenvalue weighted by Gasteiger charge is -2.13. The molecule has 6 nitrogen and oxygen atoms in total. The number of para-hydroxylation sites is 1. The molecule has 0 saturated carbocycles. The van der Waals surface area contributed by atoms with E-state index in [0.29, 0.717) is 32.3 Å². The Morgan fingerprint density at radius 3 is 2.62 bits per heavy atom.